The molecule has 1 aromatic rings. The minimum atomic E-state index is -0.0848. The summed E-state index contributed by atoms with van der Waals surface area (Å²) in [6.07, 6.45) is 4.49. The monoisotopic (exact) mass is 318 g/mol. The number of urea groups is 1. The number of hydrogen-bond acceptors (Lipinski definition) is 3. The van der Waals surface area contributed by atoms with Crippen molar-refractivity contribution in [2.24, 2.45) is 0 Å². The first-order chi connectivity index (χ1) is 11.3. The highest BCUT2D eigenvalue weighted by Gasteiger charge is 2.39. The summed E-state index contributed by atoms with van der Waals surface area (Å²) in [7, 11) is 0. The molecule has 1 spiro atoms. The van der Waals surface area contributed by atoms with E-state index < -0.39 is 0 Å². The fourth-order valence-electron chi connectivity index (χ4n) is 3.44. The number of nitrogens with one attached hydrogen (secondary N) is 2. The molecule has 2 N–H and O–H groups in total. The highest BCUT2D eigenvalue weighted by atomic mass is 16.5. The summed E-state index contributed by atoms with van der Waals surface area (Å²) in [6.45, 7) is 2.89. The molecule has 5 nitrogen and oxygen atoms in total. The Bertz CT molecular complexity index is 495. The van der Waals surface area contributed by atoms with Gasteiger partial charge in [0.15, 0.2) is 0 Å². The van der Waals surface area contributed by atoms with Crippen molar-refractivity contribution in [3.63, 3.8) is 0 Å². The van der Waals surface area contributed by atoms with Crippen LogP contribution in [0.15, 0.2) is 30.3 Å². The number of carbonyl (C=O) groups is 1. The van der Waals surface area contributed by atoms with Crippen LogP contribution in [0.2, 0.25) is 0 Å². The van der Waals surface area contributed by atoms with Gasteiger partial charge in [0.25, 0.3) is 0 Å². The Labute approximate surface area is 137 Å². The zero-order valence-corrected chi connectivity index (χ0v) is 13.6. The average Bonchev–Trinajstić information content (AvgIpc) is 2.56. The molecule has 2 saturated heterocycles. The number of carbonyl (C=O) groups excluding carboxylic acids is 1. The zero-order chi connectivity index (χ0) is 16.0. The molecule has 126 valence electrons. The third-order valence-corrected chi connectivity index (χ3v) is 4.77. The highest BCUT2D eigenvalue weighted by Crippen LogP contribution is 2.34. The molecule has 3 rings (SSSR count). The van der Waals surface area contributed by atoms with E-state index in [1.54, 1.807) is 0 Å². The van der Waals surface area contributed by atoms with Crippen molar-refractivity contribution < 1.29 is 14.3 Å². The third-order valence-electron chi connectivity index (χ3n) is 4.77. The van der Waals surface area contributed by atoms with Gasteiger partial charge in [-0.05, 0) is 37.7 Å². The fraction of sp³-hybridized carbons (Fsp3) is 0.611. The summed E-state index contributed by atoms with van der Waals surface area (Å²) in [5, 5.41) is 6.06. The Balaban J connectivity index is 1.40. The normalized spacial score (nSPS) is 23.4. The fourth-order valence-corrected chi connectivity index (χ4v) is 3.44. The summed E-state index contributed by atoms with van der Waals surface area (Å²) in [5.41, 5.74) is 1.15. The van der Waals surface area contributed by atoms with E-state index in [0.717, 1.165) is 51.9 Å². The lowest BCUT2D eigenvalue weighted by molar-refractivity contribution is -0.139. The second kappa shape index (κ2) is 7.79. The lowest BCUT2D eigenvalue weighted by Crippen LogP contribution is -2.52. The molecule has 2 aliphatic rings. The molecule has 0 aliphatic carbocycles. The first kappa shape index (κ1) is 16.3. The van der Waals surface area contributed by atoms with Gasteiger partial charge in [-0.3, -0.25) is 0 Å². The lowest BCUT2D eigenvalue weighted by atomic mass is 9.84. The van der Waals surface area contributed by atoms with Crippen molar-refractivity contribution in [1.29, 1.82) is 0 Å². The predicted molar refractivity (Wildman–Crippen MR) is 88.4 cm³/mol. The lowest BCUT2D eigenvalue weighted by Gasteiger charge is -2.43. The predicted octanol–water partition coefficient (Wildman–Crippen LogP) is 2.26. The van der Waals surface area contributed by atoms with Crippen LogP contribution in [0.4, 0.5) is 4.79 Å². The van der Waals surface area contributed by atoms with E-state index in [0.29, 0.717) is 6.54 Å². The molecule has 0 aromatic heterocycles. The van der Waals surface area contributed by atoms with E-state index in [1.165, 1.54) is 5.56 Å². The molecule has 2 aliphatic heterocycles. The van der Waals surface area contributed by atoms with Crippen LogP contribution in [-0.2, 0) is 15.9 Å². The smallest absolute Gasteiger partial charge is 0.315 e. The van der Waals surface area contributed by atoms with Crippen LogP contribution in [-0.4, -0.2) is 44.0 Å². The average molecular weight is 318 g/mol. The third kappa shape index (κ3) is 4.69. The molecular weight excluding hydrogens is 292 g/mol. The number of hydrogen-bond donors (Lipinski definition) is 2. The number of amides is 2. The van der Waals surface area contributed by atoms with Crippen LogP contribution in [0.25, 0.3) is 0 Å². The Morgan fingerprint density at radius 2 is 1.96 bits per heavy atom. The van der Waals surface area contributed by atoms with Crippen LogP contribution in [0.3, 0.4) is 0 Å². The number of benzene rings is 1. The summed E-state index contributed by atoms with van der Waals surface area (Å²) in [4.78, 5) is 12.1. The van der Waals surface area contributed by atoms with Crippen molar-refractivity contribution in [3.8, 4) is 0 Å². The SMILES string of the molecule is O=C(NCCc1ccccc1)NC1CCOC2(CCOCC2)C1. The van der Waals surface area contributed by atoms with Crippen LogP contribution in [0.1, 0.15) is 31.2 Å². The van der Waals surface area contributed by atoms with E-state index in [4.69, 9.17) is 9.47 Å². The Morgan fingerprint density at radius 1 is 1.17 bits per heavy atom. The minimum Gasteiger partial charge on any atom is -0.381 e. The van der Waals surface area contributed by atoms with E-state index in [1.807, 2.05) is 18.2 Å². The second-order valence-electron chi connectivity index (χ2n) is 6.47. The van der Waals surface area contributed by atoms with Crippen LogP contribution < -0.4 is 10.6 Å². The molecule has 1 atom stereocenters. The molecule has 0 radical (unpaired) electrons. The number of ether oxygens (including phenoxy) is 2. The summed E-state index contributed by atoms with van der Waals surface area (Å²) >= 11 is 0. The quantitative estimate of drug-likeness (QED) is 0.895. The maximum Gasteiger partial charge on any atom is 0.315 e. The Kier molecular flexibility index (Phi) is 5.51. The summed E-state index contributed by atoms with van der Waals surface area (Å²) in [6, 6.07) is 10.3. The molecular formula is C18H26N2O3. The van der Waals surface area contributed by atoms with Gasteiger partial charge in [0.1, 0.15) is 0 Å². The van der Waals surface area contributed by atoms with Crippen LogP contribution >= 0.6 is 0 Å². The largest absolute Gasteiger partial charge is 0.381 e. The molecule has 5 heteroatoms. The molecule has 23 heavy (non-hydrogen) atoms. The van der Waals surface area contributed by atoms with Crippen molar-refractivity contribution in [2.45, 2.75) is 43.7 Å². The van der Waals surface area contributed by atoms with E-state index >= 15 is 0 Å². The first-order valence-corrected chi connectivity index (χ1v) is 8.56. The van der Waals surface area contributed by atoms with Gasteiger partial charge in [0, 0.05) is 32.4 Å². The molecule has 1 aromatic carbocycles. The van der Waals surface area contributed by atoms with Crippen molar-refractivity contribution >= 4 is 6.03 Å². The maximum atomic E-state index is 12.1. The summed E-state index contributed by atoms with van der Waals surface area (Å²) in [5.74, 6) is 0. The van der Waals surface area contributed by atoms with E-state index in [-0.39, 0.29) is 17.7 Å². The van der Waals surface area contributed by atoms with E-state index in [9.17, 15) is 4.79 Å². The highest BCUT2D eigenvalue weighted by molar-refractivity contribution is 5.74. The van der Waals surface area contributed by atoms with Crippen molar-refractivity contribution in [2.75, 3.05) is 26.4 Å². The molecule has 0 saturated carbocycles. The molecule has 2 fully saturated rings. The Hall–Kier alpha value is -1.59. The molecule has 2 amide bonds. The van der Waals surface area contributed by atoms with Gasteiger partial charge in [-0.1, -0.05) is 30.3 Å². The second-order valence-corrected chi connectivity index (χ2v) is 6.47. The van der Waals surface area contributed by atoms with Gasteiger partial charge in [0.05, 0.1) is 5.60 Å². The number of rotatable bonds is 4. The van der Waals surface area contributed by atoms with Crippen molar-refractivity contribution in [1.82, 2.24) is 10.6 Å². The first-order valence-electron chi connectivity index (χ1n) is 8.56. The summed E-state index contributed by atoms with van der Waals surface area (Å²) < 4.78 is 11.4. The van der Waals surface area contributed by atoms with Gasteiger partial charge in [-0.25, -0.2) is 4.79 Å². The van der Waals surface area contributed by atoms with Gasteiger partial charge in [0.2, 0.25) is 0 Å². The molecule has 1 unspecified atom stereocenters. The topological polar surface area (TPSA) is 59.6 Å². The maximum absolute atomic E-state index is 12.1. The van der Waals surface area contributed by atoms with Gasteiger partial charge >= 0.3 is 6.03 Å². The van der Waals surface area contributed by atoms with Gasteiger partial charge in [-0.15, -0.1) is 0 Å². The molecule has 0 bridgehead atoms. The zero-order valence-electron chi connectivity index (χ0n) is 13.6. The standard InChI is InChI=1S/C18H26N2O3/c21-17(19-10-6-15-4-2-1-3-5-15)20-16-7-11-23-18(14-16)8-12-22-13-9-18/h1-5,16H,6-14H2,(H2,19,20,21). The van der Waals surface area contributed by atoms with Crippen LogP contribution in [0.5, 0.6) is 0 Å². The van der Waals surface area contributed by atoms with Gasteiger partial charge in [-0.2, -0.15) is 0 Å². The van der Waals surface area contributed by atoms with Crippen LogP contribution in [0, 0.1) is 0 Å². The van der Waals surface area contributed by atoms with Gasteiger partial charge < -0.3 is 20.1 Å². The Morgan fingerprint density at radius 3 is 2.74 bits per heavy atom. The molecule has 2 heterocycles. The van der Waals surface area contributed by atoms with E-state index in [2.05, 4.69) is 22.8 Å². The minimum absolute atomic E-state index is 0.0740. The van der Waals surface area contributed by atoms with Crippen molar-refractivity contribution in [3.05, 3.63) is 35.9 Å².